The van der Waals surface area contributed by atoms with E-state index in [0.29, 0.717) is 0 Å². The van der Waals surface area contributed by atoms with E-state index in [0.717, 1.165) is 38.1 Å². The molecule has 4 rings (SSSR count). The number of rotatable bonds is 2. The second kappa shape index (κ2) is 5.46. The highest BCUT2D eigenvalue weighted by Crippen LogP contribution is 2.37. The number of aromatic nitrogens is 1. The number of nitrogens with zero attached hydrogens (tertiary/aromatic N) is 1. The molecule has 0 bridgehead atoms. The van der Waals surface area contributed by atoms with Crippen LogP contribution in [-0.4, -0.2) is 11.8 Å². The van der Waals surface area contributed by atoms with Crippen LogP contribution >= 0.6 is 15.9 Å². The maximum Gasteiger partial charge on any atom is 0.231 e. The normalized spacial score (nSPS) is 13.1. The number of hydrogen-bond acceptors (Lipinski definition) is 3. The van der Waals surface area contributed by atoms with Gasteiger partial charge in [0.25, 0.3) is 0 Å². The minimum absolute atomic E-state index is 0.279. The molecule has 0 saturated carbocycles. The van der Waals surface area contributed by atoms with E-state index in [1.54, 1.807) is 0 Å². The van der Waals surface area contributed by atoms with E-state index in [4.69, 9.17) is 9.47 Å². The van der Waals surface area contributed by atoms with Gasteiger partial charge in [-0.3, -0.25) is 0 Å². The molecule has 2 aromatic carbocycles. The van der Waals surface area contributed by atoms with E-state index in [2.05, 4.69) is 33.0 Å². The summed E-state index contributed by atoms with van der Waals surface area (Å²) in [5.74, 6) is 1.54. The topological polar surface area (TPSA) is 31.4 Å². The quantitative estimate of drug-likeness (QED) is 0.656. The molecule has 22 heavy (non-hydrogen) atoms. The van der Waals surface area contributed by atoms with Crippen LogP contribution in [0.1, 0.15) is 11.3 Å². The van der Waals surface area contributed by atoms with E-state index < -0.39 is 0 Å². The summed E-state index contributed by atoms with van der Waals surface area (Å²) in [6, 6.07) is 16.1. The van der Waals surface area contributed by atoms with Gasteiger partial charge < -0.3 is 9.47 Å². The Hall–Kier alpha value is -2.33. The van der Waals surface area contributed by atoms with Gasteiger partial charge in [-0.2, -0.15) is 0 Å². The highest BCUT2D eigenvalue weighted by atomic mass is 79.9. The number of ether oxygens (including phenoxy) is 2. The van der Waals surface area contributed by atoms with E-state index in [1.807, 2.05) is 48.6 Å². The van der Waals surface area contributed by atoms with E-state index >= 15 is 0 Å². The summed E-state index contributed by atoms with van der Waals surface area (Å²) < 4.78 is 11.7. The van der Waals surface area contributed by atoms with Gasteiger partial charge in [0, 0.05) is 9.86 Å². The van der Waals surface area contributed by atoms with Crippen molar-refractivity contribution in [3.05, 3.63) is 64.3 Å². The molecule has 108 valence electrons. The Balaban J connectivity index is 1.68. The molecule has 1 aliphatic heterocycles. The van der Waals surface area contributed by atoms with Crippen molar-refractivity contribution < 1.29 is 9.47 Å². The molecule has 0 atom stereocenters. The van der Waals surface area contributed by atoms with Crippen LogP contribution in [0.4, 0.5) is 0 Å². The number of benzene rings is 2. The van der Waals surface area contributed by atoms with Crippen LogP contribution in [0, 0.1) is 0 Å². The van der Waals surface area contributed by atoms with Crippen molar-refractivity contribution in [2.24, 2.45) is 0 Å². The summed E-state index contributed by atoms with van der Waals surface area (Å²) in [4.78, 5) is 4.63. The first-order valence-corrected chi connectivity index (χ1v) is 7.72. The van der Waals surface area contributed by atoms with Crippen molar-refractivity contribution in [1.82, 2.24) is 4.98 Å². The Bertz CT molecular complexity index is 889. The average Bonchev–Trinajstić information content (AvgIpc) is 2.99. The van der Waals surface area contributed by atoms with Crippen molar-refractivity contribution in [3.63, 3.8) is 0 Å². The third-order valence-electron chi connectivity index (χ3n) is 3.55. The summed E-state index contributed by atoms with van der Waals surface area (Å²) in [5, 5.41) is 1.14. The second-order valence-corrected chi connectivity index (χ2v) is 5.84. The summed E-state index contributed by atoms with van der Waals surface area (Å²) >= 11 is 3.56. The van der Waals surface area contributed by atoms with E-state index in [9.17, 15) is 0 Å². The third-order valence-corrected chi connectivity index (χ3v) is 4.23. The Morgan fingerprint density at radius 1 is 0.955 bits per heavy atom. The van der Waals surface area contributed by atoms with Crippen LogP contribution in [-0.2, 0) is 0 Å². The van der Waals surface area contributed by atoms with Gasteiger partial charge in [0.15, 0.2) is 11.5 Å². The summed E-state index contributed by atoms with van der Waals surface area (Å²) in [6.45, 7) is 0.279. The zero-order chi connectivity index (χ0) is 14.9. The molecule has 0 saturated heterocycles. The zero-order valence-corrected chi connectivity index (χ0v) is 13.2. The highest BCUT2D eigenvalue weighted by Gasteiger charge is 2.15. The zero-order valence-electron chi connectivity index (χ0n) is 11.6. The largest absolute Gasteiger partial charge is 0.454 e. The van der Waals surface area contributed by atoms with Gasteiger partial charge in [0.05, 0.1) is 11.2 Å². The Labute approximate surface area is 136 Å². The van der Waals surface area contributed by atoms with Crippen molar-refractivity contribution in [1.29, 1.82) is 0 Å². The van der Waals surface area contributed by atoms with Gasteiger partial charge in [0.1, 0.15) is 0 Å². The predicted molar refractivity (Wildman–Crippen MR) is 90.9 cm³/mol. The lowest BCUT2D eigenvalue weighted by atomic mass is 10.1. The standard InChI is InChI=1S/C18H12BrNO2/c19-15-10-18-17(21-11-22-18)9-13(15)6-8-14-7-5-12-3-1-2-4-16(12)20-14/h1-10H,11H2. The van der Waals surface area contributed by atoms with Crippen LogP contribution in [0.3, 0.4) is 0 Å². The first-order chi connectivity index (χ1) is 10.8. The van der Waals surface area contributed by atoms with Gasteiger partial charge in [-0.15, -0.1) is 0 Å². The minimum Gasteiger partial charge on any atom is -0.454 e. The third kappa shape index (κ3) is 2.46. The van der Waals surface area contributed by atoms with Gasteiger partial charge in [-0.25, -0.2) is 4.98 Å². The van der Waals surface area contributed by atoms with Crippen molar-refractivity contribution in [2.75, 3.05) is 6.79 Å². The van der Waals surface area contributed by atoms with Gasteiger partial charge in [-0.05, 0) is 35.9 Å². The van der Waals surface area contributed by atoms with E-state index in [-0.39, 0.29) is 6.79 Å². The molecular weight excluding hydrogens is 342 g/mol. The molecular formula is C18H12BrNO2. The molecule has 3 aromatic rings. The van der Waals surface area contributed by atoms with Crippen molar-refractivity contribution >= 4 is 39.0 Å². The monoisotopic (exact) mass is 353 g/mol. The van der Waals surface area contributed by atoms with Crippen LogP contribution in [0.25, 0.3) is 23.1 Å². The lowest BCUT2D eigenvalue weighted by molar-refractivity contribution is 0.174. The Morgan fingerprint density at radius 3 is 2.68 bits per heavy atom. The molecule has 0 fully saturated rings. The highest BCUT2D eigenvalue weighted by molar-refractivity contribution is 9.10. The van der Waals surface area contributed by atoms with Crippen LogP contribution in [0.5, 0.6) is 11.5 Å². The van der Waals surface area contributed by atoms with Crippen molar-refractivity contribution in [2.45, 2.75) is 0 Å². The number of halogens is 1. The molecule has 0 unspecified atom stereocenters. The molecule has 1 aliphatic rings. The van der Waals surface area contributed by atoms with Crippen LogP contribution in [0.15, 0.2) is 53.0 Å². The summed E-state index contributed by atoms with van der Waals surface area (Å²) in [5.41, 5.74) is 2.94. The maximum absolute atomic E-state index is 5.41. The average molecular weight is 354 g/mol. The fourth-order valence-electron chi connectivity index (χ4n) is 2.41. The van der Waals surface area contributed by atoms with Crippen LogP contribution < -0.4 is 9.47 Å². The fourth-order valence-corrected chi connectivity index (χ4v) is 2.86. The van der Waals surface area contributed by atoms with E-state index in [1.165, 1.54) is 0 Å². The van der Waals surface area contributed by atoms with Gasteiger partial charge >= 0.3 is 0 Å². The van der Waals surface area contributed by atoms with Gasteiger partial charge in [-0.1, -0.05) is 46.3 Å². The first-order valence-electron chi connectivity index (χ1n) is 6.93. The Kier molecular flexibility index (Phi) is 3.31. The molecule has 1 aromatic heterocycles. The molecule has 2 heterocycles. The number of pyridine rings is 1. The molecule has 0 amide bonds. The number of fused-ring (bicyclic) bond motifs is 2. The summed E-state index contributed by atoms with van der Waals surface area (Å²) in [6.07, 6.45) is 4.01. The predicted octanol–water partition coefficient (Wildman–Crippen LogP) is 4.90. The minimum atomic E-state index is 0.279. The van der Waals surface area contributed by atoms with Gasteiger partial charge in [0.2, 0.25) is 6.79 Å². The Morgan fingerprint density at radius 2 is 1.77 bits per heavy atom. The smallest absolute Gasteiger partial charge is 0.231 e. The van der Waals surface area contributed by atoms with Crippen LogP contribution in [0.2, 0.25) is 0 Å². The molecule has 4 heteroatoms. The maximum atomic E-state index is 5.41. The number of para-hydroxylation sites is 1. The summed E-state index contributed by atoms with van der Waals surface area (Å²) in [7, 11) is 0. The molecule has 3 nitrogen and oxygen atoms in total. The molecule has 0 N–H and O–H groups in total. The fraction of sp³-hybridized carbons (Fsp3) is 0.0556. The first kappa shape index (κ1) is 13.3. The lowest BCUT2D eigenvalue weighted by Gasteiger charge is -2.02. The SMILES string of the molecule is Brc1cc2c(cc1C=Cc1ccc3ccccc3n1)OCO2. The van der Waals surface area contributed by atoms with Crippen molar-refractivity contribution in [3.8, 4) is 11.5 Å². The molecule has 0 aliphatic carbocycles. The number of hydrogen-bond donors (Lipinski definition) is 0. The lowest BCUT2D eigenvalue weighted by Crippen LogP contribution is -1.92. The molecule has 0 spiro atoms. The second-order valence-electron chi connectivity index (χ2n) is 4.99. The molecule has 0 radical (unpaired) electrons.